The molecule has 68 heavy (non-hydrogen) atoms. The highest BCUT2D eigenvalue weighted by Crippen LogP contribution is 2.68. The molecule has 0 saturated heterocycles. The number of carboxylic acids is 2. The number of carboxylic acid groups (broad SMARTS) is 2. The Labute approximate surface area is 399 Å². The average Bonchev–Trinajstić information content (AvgIpc) is 3.66. The van der Waals surface area contributed by atoms with Crippen LogP contribution in [-0.2, 0) is 24.0 Å². The van der Waals surface area contributed by atoms with Crippen molar-refractivity contribution in [2.24, 2.45) is 46.3 Å². The van der Waals surface area contributed by atoms with Crippen LogP contribution in [0.5, 0.6) is 0 Å². The van der Waals surface area contributed by atoms with E-state index >= 15 is 0 Å². The number of amides is 4. The van der Waals surface area contributed by atoms with Crippen LogP contribution in [0.2, 0.25) is 0 Å². The molecule has 0 aliphatic heterocycles. The number of likely N-dealkylation sites (N-methyl/N-ethyl adjacent to an activating group) is 1. The molecular formula is C48H75BN6O13. The summed E-state index contributed by atoms with van der Waals surface area (Å²) in [5, 5.41) is 73.3. The van der Waals surface area contributed by atoms with Gasteiger partial charge in [-0.3, -0.25) is 29.3 Å². The number of unbranched alkanes of at least 4 members (excludes halogenated alkanes) is 1. The molecular weight excluding hydrogens is 879 g/mol. The highest BCUT2D eigenvalue weighted by Gasteiger charge is 2.60. The summed E-state index contributed by atoms with van der Waals surface area (Å²) in [6.45, 7) is 7.46. The van der Waals surface area contributed by atoms with E-state index in [2.05, 4.69) is 47.4 Å². The lowest BCUT2D eigenvalue weighted by Crippen LogP contribution is -2.54. The summed E-state index contributed by atoms with van der Waals surface area (Å²) in [4.78, 5) is 85.8. The van der Waals surface area contributed by atoms with Gasteiger partial charge in [0.05, 0.1) is 17.1 Å². The molecule has 20 heteroatoms. The van der Waals surface area contributed by atoms with E-state index in [4.69, 9.17) is 0 Å². The van der Waals surface area contributed by atoms with Gasteiger partial charge >= 0.3 is 19.1 Å². The number of aliphatic hydroxyl groups is 1. The average molecular weight is 955 g/mol. The van der Waals surface area contributed by atoms with E-state index in [0.717, 1.165) is 55.7 Å². The lowest BCUT2D eigenvalue weighted by atomic mass is 9.44. The topological polar surface area (TPSA) is 307 Å². The first-order chi connectivity index (χ1) is 32.2. The van der Waals surface area contributed by atoms with Gasteiger partial charge in [-0.2, -0.15) is 0 Å². The number of carbonyl (C=O) groups excluding carboxylic acids is 4. The molecule has 4 saturated carbocycles. The van der Waals surface area contributed by atoms with Crippen molar-refractivity contribution in [3.8, 4) is 0 Å². The Hall–Kier alpha value is -4.66. The van der Waals surface area contributed by atoms with Crippen molar-refractivity contribution in [2.45, 2.75) is 161 Å². The Morgan fingerprint density at radius 3 is 2.09 bits per heavy atom. The van der Waals surface area contributed by atoms with Gasteiger partial charge in [0.15, 0.2) is 0 Å². The summed E-state index contributed by atoms with van der Waals surface area (Å²) in [5.41, 5.74) is -0.401. The minimum absolute atomic E-state index is 0.0412. The van der Waals surface area contributed by atoms with Crippen molar-refractivity contribution < 1.29 is 59.1 Å². The van der Waals surface area contributed by atoms with Crippen molar-refractivity contribution in [2.75, 3.05) is 20.1 Å². The van der Waals surface area contributed by atoms with Crippen LogP contribution >= 0.6 is 0 Å². The number of carbonyl (C=O) groups is 6. The molecule has 378 valence electrons. The van der Waals surface area contributed by atoms with Gasteiger partial charge in [0.25, 0.3) is 11.6 Å². The maximum absolute atomic E-state index is 13.1. The summed E-state index contributed by atoms with van der Waals surface area (Å²) in [6.07, 6.45) is 12.2. The van der Waals surface area contributed by atoms with Crippen molar-refractivity contribution >= 4 is 53.8 Å². The van der Waals surface area contributed by atoms with E-state index in [9.17, 15) is 64.2 Å². The SMILES string of the molecule is CNC(CCCCNC(=O)CCC(NC(=O)CCC(C)C1CCC2C3CC[C@H]4C[C@@H](O)CC[C@@]4(C)C3CC[C@@]12C)C(=O)O)C(=O)NC(CCCNC(=O)c1cc(B(O)O)cc([N+](=O)[O-])c1)C(=O)O. The summed E-state index contributed by atoms with van der Waals surface area (Å²) in [5.74, 6) is -0.928. The molecule has 1 aromatic rings. The Morgan fingerprint density at radius 2 is 1.41 bits per heavy atom. The largest absolute Gasteiger partial charge is 0.488 e. The fourth-order valence-corrected chi connectivity index (χ4v) is 12.9. The number of aliphatic hydroxyl groups excluding tert-OH is 1. The first kappa shape index (κ1) is 54.3. The van der Waals surface area contributed by atoms with Gasteiger partial charge in [0.1, 0.15) is 12.1 Å². The number of nitrogens with one attached hydrogen (secondary N) is 5. The number of nitrogens with zero attached hydrogens (tertiary/aromatic N) is 1. The van der Waals surface area contributed by atoms with E-state index in [1.807, 2.05) is 0 Å². The van der Waals surface area contributed by atoms with Crippen molar-refractivity contribution in [3.63, 3.8) is 0 Å². The number of rotatable bonds is 25. The summed E-state index contributed by atoms with van der Waals surface area (Å²) < 4.78 is 0. The predicted molar refractivity (Wildman–Crippen MR) is 252 cm³/mol. The molecule has 5 rings (SSSR count). The Bertz CT molecular complexity index is 1970. The highest BCUT2D eigenvalue weighted by atomic mass is 16.6. The van der Waals surface area contributed by atoms with Gasteiger partial charge in [0, 0.05) is 43.6 Å². The molecule has 0 heterocycles. The van der Waals surface area contributed by atoms with E-state index in [-0.39, 0.29) is 79.6 Å². The summed E-state index contributed by atoms with van der Waals surface area (Å²) in [7, 11) is -0.491. The van der Waals surface area contributed by atoms with Crippen LogP contribution in [0.3, 0.4) is 0 Å². The van der Waals surface area contributed by atoms with Gasteiger partial charge in [0.2, 0.25) is 17.7 Å². The van der Waals surface area contributed by atoms with E-state index in [0.29, 0.717) is 54.8 Å². The fourth-order valence-electron chi connectivity index (χ4n) is 12.9. The standard InChI is InChI=1S/C48H75BN6O13/c1-28(35-13-14-36-34-12-11-30-26-33(56)18-20-47(30,2)37(34)19-21-48(35,36)3)10-16-42(58)53-40(46(63)64)15-17-41(57)51-22-6-5-8-38(50-4)44(60)54-39(45(61)62)9-7-23-52-43(59)29-24-31(49(65)66)27-32(25-29)55(67)68/h24-25,27-28,30,33-40,50,56,65-66H,5-23,26H2,1-4H3,(H,51,57)(H,52,59)(H,53,58)(H,54,60)(H,61,62)(H,63,64)/t28?,30-,33-,34?,35?,36?,37?,38?,39?,40?,47+,48-/m0/s1. The number of fused-ring (bicyclic) bond motifs is 5. The molecule has 0 aromatic heterocycles. The monoisotopic (exact) mass is 955 g/mol. The van der Waals surface area contributed by atoms with Gasteiger partial charge in [-0.1, -0.05) is 20.8 Å². The second-order valence-electron chi connectivity index (χ2n) is 20.8. The molecule has 19 nitrogen and oxygen atoms in total. The van der Waals surface area contributed by atoms with Crippen LogP contribution in [0.4, 0.5) is 5.69 Å². The maximum Gasteiger partial charge on any atom is 0.488 e. The van der Waals surface area contributed by atoms with Gasteiger partial charge in [-0.25, -0.2) is 9.59 Å². The first-order valence-corrected chi connectivity index (χ1v) is 24.8. The third-order valence-electron chi connectivity index (χ3n) is 16.7. The molecule has 0 radical (unpaired) electrons. The molecule has 12 atom stereocenters. The third kappa shape index (κ3) is 13.6. The zero-order valence-corrected chi connectivity index (χ0v) is 40.2. The number of hydrogen-bond acceptors (Lipinski definition) is 12. The molecule has 1 aromatic carbocycles. The van der Waals surface area contributed by atoms with Crippen LogP contribution in [0.15, 0.2) is 18.2 Å². The lowest BCUT2D eigenvalue weighted by Gasteiger charge is -2.61. The number of hydrogen-bond donors (Lipinski definition) is 10. The lowest BCUT2D eigenvalue weighted by molar-refractivity contribution is -0.384. The Balaban J connectivity index is 0.963. The number of benzene rings is 1. The Morgan fingerprint density at radius 1 is 0.765 bits per heavy atom. The van der Waals surface area contributed by atoms with E-state index in [1.165, 1.54) is 32.1 Å². The van der Waals surface area contributed by atoms with Crippen molar-refractivity contribution in [3.05, 3.63) is 33.9 Å². The van der Waals surface area contributed by atoms with Gasteiger partial charge in [-0.05, 0) is 168 Å². The predicted octanol–water partition coefficient (Wildman–Crippen LogP) is 3.01. The molecule has 4 aliphatic carbocycles. The zero-order valence-electron chi connectivity index (χ0n) is 40.2. The number of nitro benzene ring substituents is 1. The molecule has 0 spiro atoms. The molecule has 8 unspecified atom stereocenters. The van der Waals surface area contributed by atoms with Crippen LogP contribution in [0.25, 0.3) is 0 Å². The van der Waals surface area contributed by atoms with Crippen LogP contribution in [0.1, 0.15) is 147 Å². The third-order valence-corrected chi connectivity index (χ3v) is 16.7. The van der Waals surface area contributed by atoms with E-state index < -0.39 is 59.6 Å². The Kier molecular flexibility index (Phi) is 19.4. The van der Waals surface area contributed by atoms with Crippen LogP contribution in [0, 0.1) is 56.5 Å². The molecule has 4 fully saturated rings. The summed E-state index contributed by atoms with van der Waals surface area (Å²) >= 11 is 0. The molecule has 4 amide bonds. The van der Waals surface area contributed by atoms with Gasteiger partial charge < -0.3 is 52.0 Å². The van der Waals surface area contributed by atoms with Crippen LogP contribution < -0.4 is 32.0 Å². The van der Waals surface area contributed by atoms with Gasteiger partial charge in [-0.15, -0.1) is 0 Å². The molecule has 10 N–H and O–H groups in total. The summed E-state index contributed by atoms with van der Waals surface area (Å²) in [6, 6.07) is -0.258. The second-order valence-corrected chi connectivity index (χ2v) is 20.8. The smallest absolute Gasteiger partial charge is 0.480 e. The van der Waals surface area contributed by atoms with Crippen molar-refractivity contribution in [1.29, 1.82) is 0 Å². The van der Waals surface area contributed by atoms with Crippen molar-refractivity contribution in [1.82, 2.24) is 26.6 Å². The minimum Gasteiger partial charge on any atom is -0.480 e. The quantitative estimate of drug-likeness (QED) is 0.0292. The number of non-ortho nitro benzene ring substituents is 1. The van der Waals surface area contributed by atoms with Crippen LogP contribution in [-0.4, -0.2) is 117 Å². The van der Waals surface area contributed by atoms with E-state index in [1.54, 1.807) is 7.05 Å². The second kappa shape index (κ2) is 24.3. The highest BCUT2D eigenvalue weighted by molar-refractivity contribution is 6.58. The minimum atomic E-state index is -2.04. The normalized spacial score (nSPS) is 28.0. The maximum atomic E-state index is 13.1. The number of aliphatic carboxylic acids is 2. The zero-order chi connectivity index (χ0) is 49.9. The first-order valence-electron chi connectivity index (χ1n) is 24.8. The molecule has 0 bridgehead atoms. The fraction of sp³-hybridized carbons (Fsp3) is 0.750. The molecule has 4 aliphatic rings. The number of nitro groups is 1.